The lowest BCUT2D eigenvalue weighted by molar-refractivity contribution is -0.153. The molecule has 1 N–H and O–H groups in total. The van der Waals surface area contributed by atoms with Crippen LogP contribution in [-0.4, -0.2) is 74.8 Å². The summed E-state index contributed by atoms with van der Waals surface area (Å²) in [6.07, 6.45) is 2.49. The summed E-state index contributed by atoms with van der Waals surface area (Å²) in [5.74, 6) is -0.350. The Bertz CT molecular complexity index is 484. The molecule has 3 unspecified atom stereocenters. The molecule has 1 aliphatic carbocycles. The minimum Gasteiger partial charge on any atom is -0.464 e. The Hall–Kier alpha value is -1.67. The summed E-state index contributed by atoms with van der Waals surface area (Å²) in [7, 11) is 1.60. The van der Waals surface area contributed by atoms with Crippen LogP contribution in [-0.2, 0) is 28.6 Å². The lowest BCUT2D eigenvalue weighted by Crippen LogP contribution is -2.48. The zero-order valence-corrected chi connectivity index (χ0v) is 15.0. The number of esters is 1. The number of methoxy groups -OCH3 is 1. The summed E-state index contributed by atoms with van der Waals surface area (Å²) in [6, 6.07) is -0.365. The number of rotatable bonds is 11. The summed E-state index contributed by atoms with van der Waals surface area (Å²) >= 11 is 0. The van der Waals surface area contributed by atoms with Crippen molar-refractivity contribution in [3.63, 3.8) is 0 Å². The smallest absolute Gasteiger partial charge is 0.328 e. The average molecular weight is 356 g/mol. The maximum atomic E-state index is 12.4. The zero-order valence-electron chi connectivity index (χ0n) is 15.0. The number of amides is 2. The largest absolute Gasteiger partial charge is 0.464 e. The van der Waals surface area contributed by atoms with Gasteiger partial charge in [0.25, 0.3) is 0 Å². The highest BCUT2D eigenvalue weighted by Crippen LogP contribution is 2.48. The zero-order chi connectivity index (χ0) is 18.2. The predicted molar refractivity (Wildman–Crippen MR) is 88.7 cm³/mol. The van der Waals surface area contributed by atoms with Gasteiger partial charge in [-0.25, -0.2) is 4.79 Å². The van der Waals surface area contributed by atoms with Gasteiger partial charge in [-0.15, -0.1) is 0 Å². The third-order valence-corrected chi connectivity index (χ3v) is 4.51. The fraction of sp³-hybridized carbons (Fsp3) is 0.824. The summed E-state index contributed by atoms with van der Waals surface area (Å²) in [4.78, 5) is 37.8. The normalized spacial score (nSPS) is 23.9. The molecular weight excluding hydrogens is 328 g/mol. The number of carbonyl (C=O) groups excluding carboxylic acids is 3. The molecule has 1 aliphatic heterocycles. The van der Waals surface area contributed by atoms with Crippen molar-refractivity contribution in [2.75, 3.05) is 40.1 Å². The molecule has 2 aliphatic rings. The van der Waals surface area contributed by atoms with Crippen LogP contribution in [0.2, 0.25) is 0 Å². The van der Waals surface area contributed by atoms with Gasteiger partial charge in [-0.05, 0) is 32.1 Å². The molecule has 25 heavy (non-hydrogen) atoms. The summed E-state index contributed by atoms with van der Waals surface area (Å²) in [5, 5.41) is 2.63. The van der Waals surface area contributed by atoms with E-state index in [2.05, 4.69) is 5.32 Å². The highest BCUT2D eigenvalue weighted by molar-refractivity contribution is 5.89. The minimum absolute atomic E-state index is 0.0809. The van der Waals surface area contributed by atoms with E-state index in [1.54, 1.807) is 18.9 Å². The van der Waals surface area contributed by atoms with Crippen LogP contribution in [0.15, 0.2) is 0 Å². The Morgan fingerprint density at radius 3 is 2.68 bits per heavy atom. The molecule has 0 radical (unpaired) electrons. The SMILES string of the molecule is CCOC(=O)C1CC2CC2N1C(=O)CNC(=O)CCCOCCOC. The van der Waals surface area contributed by atoms with Gasteiger partial charge in [0.05, 0.1) is 26.4 Å². The molecular formula is C17H28N2O6. The van der Waals surface area contributed by atoms with E-state index in [0.29, 0.717) is 51.6 Å². The number of fused-ring (bicyclic) bond motifs is 1. The van der Waals surface area contributed by atoms with Gasteiger partial charge in [-0.2, -0.15) is 0 Å². The van der Waals surface area contributed by atoms with Gasteiger partial charge in [0.15, 0.2) is 0 Å². The minimum atomic E-state index is -0.498. The molecule has 0 spiro atoms. The van der Waals surface area contributed by atoms with Gasteiger partial charge in [0.1, 0.15) is 6.04 Å². The van der Waals surface area contributed by atoms with Crippen molar-refractivity contribution in [1.82, 2.24) is 10.2 Å². The number of nitrogens with one attached hydrogen (secondary N) is 1. The van der Waals surface area contributed by atoms with E-state index in [1.807, 2.05) is 0 Å². The first-order chi connectivity index (χ1) is 12.1. The third-order valence-electron chi connectivity index (χ3n) is 4.51. The van der Waals surface area contributed by atoms with Gasteiger partial charge in [-0.1, -0.05) is 0 Å². The van der Waals surface area contributed by atoms with Crippen LogP contribution in [0, 0.1) is 5.92 Å². The number of carbonyl (C=O) groups is 3. The standard InChI is InChI=1S/C17H28N2O6/c1-3-25-17(22)14-10-12-9-13(12)19(14)16(21)11-18-15(20)5-4-6-24-8-7-23-2/h12-14H,3-11H2,1-2H3,(H,18,20). The van der Waals surface area contributed by atoms with E-state index in [-0.39, 0.29) is 30.4 Å². The average Bonchev–Trinajstić information content (AvgIpc) is 3.26. The molecule has 3 atom stereocenters. The van der Waals surface area contributed by atoms with E-state index in [0.717, 1.165) is 6.42 Å². The Kier molecular flexibility index (Phi) is 7.64. The van der Waals surface area contributed by atoms with E-state index in [4.69, 9.17) is 14.2 Å². The second-order valence-electron chi connectivity index (χ2n) is 6.35. The van der Waals surface area contributed by atoms with Crippen molar-refractivity contribution >= 4 is 17.8 Å². The number of piperidine rings is 1. The monoisotopic (exact) mass is 356 g/mol. The van der Waals surface area contributed by atoms with Gasteiger partial charge in [-0.3, -0.25) is 9.59 Å². The van der Waals surface area contributed by atoms with E-state index < -0.39 is 6.04 Å². The summed E-state index contributed by atoms with van der Waals surface area (Å²) < 4.78 is 15.2. The third kappa shape index (κ3) is 5.67. The van der Waals surface area contributed by atoms with Crippen LogP contribution in [0.1, 0.15) is 32.6 Å². The van der Waals surface area contributed by atoms with Crippen LogP contribution < -0.4 is 5.32 Å². The summed E-state index contributed by atoms with van der Waals surface area (Å²) in [6.45, 7) is 3.48. The lowest BCUT2D eigenvalue weighted by atomic mass is 10.1. The fourth-order valence-electron chi connectivity index (χ4n) is 3.20. The Morgan fingerprint density at radius 1 is 1.16 bits per heavy atom. The van der Waals surface area contributed by atoms with Crippen LogP contribution in [0.25, 0.3) is 0 Å². The maximum Gasteiger partial charge on any atom is 0.328 e. The molecule has 0 aromatic carbocycles. The van der Waals surface area contributed by atoms with Gasteiger partial charge < -0.3 is 24.4 Å². The molecule has 0 bridgehead atoms. The first kappa shape index (κ1) is 19.7. The van der Waals surface area contributed by atoms with Crippen LogP contribution in [0.5, 0.6) is 0 Å². The molecule has 8 heteroatoms. The quantitative estimate of drug-likeness (QED) is 0.417. The van der Waals surface area contributed by atoms with Crippen LogP contribution in [0.4, 0.5) is 0 Å². The van der Waals surface area contributed by atoms with Gasteiger partial charge in [0, 0.05) is 26.2 Å². The Labute approximate surface area is 148 Å². The van der Waals surface area contributed by atoms with E-state index >= 15 is 0 Å². The summed E-state index contributed by atoms with van der Waals surface area (Å²) in [5.41, 5.74) is 0. The van der Waals surface area contributed by atoms with Gasteiger partial charge >= 0.3 is 5.97 Å². The molecule has 2 amide bonds. The number of nitrogens with zero attached hydrogens (tertiary/aromatic N) is 1. The maximum absolute atomic E-state index is 12.4. The highest BCUT2D eigenvalue weighted by atomic mass is 16.5. The Balaban J connectivity index is 1.67. The highest BCUT2D eigenvalue weighted by Gasteiger charge is 2.56. The van der Waals surface area contributed by atoms with E-state index in [9.17, 15) is 14.4 Å². The first-order valence-electron chi connectivity index (χ1n) is 8.89. The molecule has 0 aromatic heterocycles. The topological polar surface area (TPSA) is 94.2 Å². The lowest BCUT2D eigenvalue weighted by Gasteiger charge is -2.26. The predicted octanol–water partition coefficient (Wildman–Crippen LogP) is 0.0983. The van der Waals surface area contributed by atoms with E-state index in [1.165, 1.54) is 0 Å². The van der Waals surface area contributed by atoms with Crippen LogP contribution in [0.3, 0.4) is 0 Å². The number of hydrogen-bond acceptors (Lipinski definition) is 6. The second-order valence-corrected chi connectivity index (χ2v) is 6.35. The molecule has 1 saturated heterocycles. The second kappa shape index (κ2) is 9.72. The van der Waals surface area contributed by atoms with Crippen molar-refractivity contribution in [3.8, 4) is 0 Å². The molecule has 1 saturated carbocycles. The van der Waals surface area contributed by atoms with Gasteiger partial charge in [0.2, 0.25) is 11.8 Å². The van der Waals surface area contributed by atoms with Crippen molar-refractivity contribution in [2.24, 2.45) is 5.92 Å². The van der Waals surface area contributed by atoms with Crippen molar-refractivity contribution < 1.29 is 28.6 Å². The number of ether oxygens (including phenoxy) is 3. The molecule has 2 rings (SSSR count). The number of hydrogen-bond donors (Lipinski definition) is 1. The molecule has 0 aromatic rings. The first-order valence-corrected chi connectivity index (χ1v) is 8.89. The van der Waals surface area contributed by atoms with Crippen molar-refractivity contribution in [2.45, 2.75) is 44.7 Å². The van der Waals surface area contributed by atoms with Crippen molar-refractivity contribution in [3.05, 3.63) is 0 Å². The molecule has 2 fully saturated rings. The fourth-order valence-corrected chi connectivity index (χ4v) is 3.20. The Morgan fingerprint density at radius 2 is 1.96 bits per heavy atom. The molecule has 1 heterocycles. The number of likely N-dealkylation sites (tertiary alicyclic amines) is 1. The molecule has 8 nitrogen and oxygen atoms in total. The molecule has 142 valence electrons. The van der Waals surface area contributed by atoms with Crippen LogP contribution >= 0.6 is 0 Å². The van der Waals surface area contributed by atoms with Crippen molar-refractivity contribution in [1.29, 1.82) is 0 Å².